The lowest BCUT2D eigenvalue weighted by molar-refractivity contribution is 0.202. The second kappa shape index (κ2) is 4.94. The molecule has 1 aromatic carbocycles. The Hall–Kier alpha value is -2.61. The Kier molecular flexibility index (Phi) is 3.17. The van der Waals surface area contributed by atoms with Crippen molar-refractivity contribution in [1.82, 2.24) is 10.3 Å². The highest BCUT2D eigenvalue weighted by Crippen LogP contribution is 2.22. The van der Waals surface area contributed by atoms with Gasteiger partial charge >= 0.3 is 6.09 Å². The van der Waals surface area contributed by atoms with E-state index in [1.54, 1.807) is 24.4 Å². The van der Waals surface area contributed by atoms with Crippen LogP contribution in [0.15, 0.2) is 36.5 Å². The number of hydrogen-bond acceptors (Lipinski definition) is 4. The minimum atomic E-state index is -0.662. The van der Waals surface area contributed by atoms with E-state index in [4.69, 9.17) is 10.00 Å². The van der Waals surface area contributed by atoms with Crippen molar-refractivity contribution in [2.75, 3.05) is 6.54 Å². The Morgan fingerprint density at radius 3 is 3.06 bits per heavy atom. The molecule has 0 saturated heterocycles. The number of benzene rings is 1. The maximum atomic E-state index is 11.3. The number of carbonyl (C=O) groups is 1. The van der Waals surface area contributed by atoms with E-state index in [1.807, 2.05) is 18.2 Å². The molecule has 5 heteroatoms. The molecular weight excluding hydrogens is 218 g/mol. The lowest BCUT2D eigenvalue weighted by Crippen LogP contribution is -2.27. The molecule has 1 heterocycles. The van der Waals surface area contributed by atoms with Gasteiger partial charge < -0.3 is 10.1 Å². The molecule has 5 nitrogen and oxygen atoms in total. The van der Waals surface area contributed by atoms with Gasteiger partial charge in [-0.3, -0.25) is 4.98 Å². The number of nitrogens with one attached hydrogen (secondary N) is 1. The van der Waals surface area contributed by atoms with E-state index in [0.717, 1.165) is 5.39 Å². The summed E-state index contributed by atoms with van der Waals surface area (Å²) in [6.45, 7) is -0.0863. The fraction of sp³-hybridized carbons (Fsp3) is 0.0833. The zero-order valence-electron chi connectivity index (χ0n) is 8.88. The molecule has 1 amide bonds. The van der Waals surface area contributed by atoms with Crippen molar-refractivity contribution in [3.8, 4) is 11.8 Å². The molecule has 2 aromatic rings. The zero-order chi connectivity index (χ0) is 12.1. The molecule has 0 fully saturated rings. The Morgan fingerprint density at radius 1 is 1.41 bits per heavy atom. The van der Waals surface area contributed by atoms with E-state index in [-0.39, 0.29) is 6.54 Å². The molecule has 0 unspecified atom stereocenters. The van der Waals surface area contributed by atoms with Crippen molar-refractivity contribution in [1.29, 1.82) is 5.26 Å². The number of carbonyl (C=O) groups excluding carboxylic acids is 1. The number of nitriles is 1. The maximum Gasteiger partial charge on any atom is 0.413 e. The lowest BCUT2D eigenvalue weighted by atomic mass is 10.2. The van der Waals surface area contributed by atoms with Gasteiger partial charge in [0.2, 0.25) is 0 Å². The van der Waals surface area contributed by atoms with Gasteiger partial charge in [0.1, 0.15) is 12.1 Å². The van der Waals surface area contributed by atoms with Gasteiger partial charge in [0.05, 0.1) is 6.07 Å². The van der Waals surface area contributed by atoms with E-state index in [1.165, 1.54) is 0 Å². The van der Waals surface area contributed by atoms with Gasteiger partial charge in [-0.15, -0.1) is 0 Å². The monoisotopic (exact) mass is 227 g/mol. The van der Waals surface area contributed by atoms with Gasteiger partial charge in [-0.05, 0) is 12.1 Å². The molecule has 0 saturated carbocycles. The number of pyridine rings is 1. The van der Waals surface area contributed by atoms with Gasteiger partial charge in [0.15, 0.2) is 5.75 Å². The number of amides is 1. The van der Waals surface area contributed by atoms with E-state index in [2.05, 4.69) is 10.3 Å². The van der Waals surface area contributed by atoms with Crippen LogP contribution in [0.4, 0.5) is 4.79 Å². The number of hydrogen-bond donors (Lipinski definition) is 1. The molecule has 1 N–H and O–H groups in total. The first-order chi connectivity index (χ1) is 8.31. The molecule has 0 aliphatic rings. The molecule has 0 bridgehead atoms. The van der Waals surface area contributed by atoms with Crippen molar-refractivity contribution in [2.45, 2.75) is 0 Å². The molecule has 17 heavy (non-hydrogen) atoms. The fourth-order valence-electron chi connectivity index (χ4n) is 1.41. The number of para-hydroxylation sites is 1. The molecule has 0 aliphatic heterocycles. The molecule has 0 spiro atoms. The van der Waals surface area contributed by atoms with Crippen molar-refractivity contribution < 1.29 is 9.53 Å². The van der Waals surface area contributed by atoms with Crippen LogP contribution in [0.25, 0.3) is 10.9 Å². The number of aromatic nitrogens is 1. The van der Waals surface area contributed by atoms with Crippen LogP contribution in [0, 0.1) is 11.3 Å². The molecule has 1 aromatic heterocycles. The summed E-state index contributed by atoms with van der Waals surface area (Å²) < 4.78 is 5.07. The van der Waals surface area contributed by atoms with Crippen LogP contribution >= 0.6 is 0 Å². The van der Waals surface area contributed by atoms with Gasteiger partial charge in [0, 0.05) is 11.6 Å². The summed E-state index contributed by atoms with van der Waals surface area (Å²) >= 11 is 0. The Morgan fingerprint density at radius 2 is 2.24 bits per heavy atom. The summed E-state index contributed by atoms with van der Waals surface area (Å²) in [6, 6.07) is 10.8. The highest BCUT2D eigenvalue weighted by molar-refractivity contribution is 5.86. The quantitative estimate of drug-likeness (QED) is 0.794. The predicted octanol–water partition coefficient (Wildman–Crippen LogP) is 1.85. The van der Waals surface area contributed by atoms with Crippen molar-refractivity contribution in [3.05, 3.63) is 36.5 Å². The summed E-state index contributed by atoms with van der Waals surface area (Å²) in [6.07, 6.45) is 0.965. The highest BCUT2D eigenvalue weighted by atomic mass is 16.6. The first-order valence-electron chi connectivity index (χ1n) is 4.97. The minimum absolute atomic E-state index is 0.0863. The van der Waals surface area contributed by atoms with Crippen LogP contribution in [0.1, 0.15) is 0 Å². The maximum absolute atomic E-state index is 11.3. The van der Waals surface area contributed by atoms with Crippen molar-refractivity contribution >= 4 is 17.0 Å². The molecule has 0 aliphatic carbocycles. The van der Waals surface area contributed by atoms with Crippen LogP contribution in [0.2, 0.25) is 0 Å². The van der Waals surface area contributed by atoms with E-state index in [9.17, 15) is 4.79 Å². The highest BCUT2D eigenvalue weighted by Gasteiger charge is 2.07. The average Bonchev–Trinajstić information content (AvgIpc) is 2.37. The van der Waals surface area contributed by atoms with Gasteiger partial charge in [-0.1, -0.05) is 18.2 Å². The first-order valence-corrected chi connectivity index (χ1v) is 4.97. The normalized spacial score (nSPS) is 9.59. The molecule has 84 valence electrons. The number of rotatable bonds is 2. The first kappa shape index (κ1) is 10.9. The number of ether oxygens (including phenoxy) is 1. The van der Waals surface area contributed by atoms with Crippen LogP contribution in [0.3, 0.4) is 0 Å². The smallest absolute Gasteiger partial charge is 0.408 e. The Balaban J connectivity index is 2.24. The van der Waals surface area contributed by atoms with Crippen LogP contribution < -0.4 is 10.1 Å². The minimum Gasteiger partial charge on any atom is -0.408 e. The van der Waals surface area contributed by atoms with Crippen LogP contribution in [-0.4, -0.2) is 17.6 Å². The second-order valence-corrected chi connectivity index (χ2v) is 3.23. The topological polar surface area (TPSA) is 75.0 Å². The molecular formula is C12H9N3O2. The zero-order valence-corrected chi connectivity index (χ0v) is 8.88. The largest absolute Gasteiger partial charge is 0.413 e. The van der Waals surface area contributed by atoms with Gasteiger partial charge in [-0.2, -0.15) is 5.26 Å². The summed E-state index contributed by atoms with van der Waals surface area (Å²) in [5.74, 6) is 0.374. The van der Waals surface area contributed by atoms with Crippen molar-refractivity contribution in [3.63, 3.8) is 0 Å². The van der Waals surface area contributed by atoms with Gasteiger partial charge in [0.25, 0.3) is 0 Å². The molecule has 2 rings (SSSR count). The summed E-state index contributed by atoms with van der Waals surface area (Å²) in [7, 11) is 0. The van der Waals surface area contributed by atoms with Crippen molar-refractivity contribution in [2.24, 2.45) is 0 Å². The van der Waals surface area contributed by atoms with E-state index in [0.29, 0.717) is 11.3 Å². The fourth-order valence-corrected chi connectivity index (χ4v) is 1.41. The number of fused-ring (bicyclic) bond motifs is 1. The second-order valence-electron chi connectivity index (χ2n) is 3.23. The standard InChI is InChI=1S/C12H9N3O2/c13-6-8-15-12(16)17-10-5-1-3-9-4-2-7-14-11(9)10/h1-5,7H,8H2,(H,15,16). The van der Waals surface area contributed by atoms with E-state index < -0.39 is 6.09 Å². The lowest BCUT2D eigenvalue weighted by Gasteiger charge is -2.06. The van der Waals surface area contributed by atoms with Crippen LogP contribution in [-0.2, 0) is 0 Å². The predicted molar refractivity (Wildman–Crippen MR) is 61.4 cm³/mol. The van der Waals surface area contributed by atoms with Crippen LogP contribution in [0.5, 0.6) is 5.75 Å². The number of nitrogens with zero attached hydrogens (tertiary/aromatic N) is 2. The molecule has 0 radical (unpaired) electrons. The third-order valence-electron chi connectivity index (χ3n) is 2.11. The van der Waals surface area contributed by atoms with E-state index >= 15 is 0 Å². The molecule has 0 atom stereocenters. The third-order valence-corrected chi connectivity index (χ3v) is 2.11. The summed E-state index contributed by atoms with van der Waals surface area (Å²) in [5.41, 5.74) is 0.613. The SMILES string of the molecule is N#CCNC(=O)Oc1cccc2cccnc12. The Bertz CT molecular complexity index is 584. The third kappa shape index (κ3) is 2.49. The Labute approximate surface area is 97.6 Å². The van der Waals surface area contributed by atoms with Gasteiger partial charge in [-0.25, -0.2) is 4.79 Å². The summed E-state index contributed by atoms with van der Waals surface area (Å²) in [4.78, 5) is 15.4. The average molecular weight is 227 g/mol. The summed E-state index contributed by atoms with van der Waals surface area (Å²) in [5, 5.41) is 11.5.